The summed E-state index contributed by atoms with van der Waals surface area (Å²) < 4.78 is 59.7. The molecule has 1 aromatic heterocycles. The molecule has 5 rings (SSSR count). The van der Waals surface area contributed by atoms with E-state index in [0.717, 1.165) is 25.0 Å². The minimum absolute atomic E-state index is 0.0261. The molecule has 3 aliphatic rings. The molecule has 74 heavy (non-hydrogen) atoms. The number of nitrogens with zero attached hydrogens (tertiary/aromatic N) is 1. The van der Waals surface area contributed by atoms with E-state index in [4.69, 9.17) is 37.9 Å². The summed E-state index contributed by atoms with van der Waals surface area (Å²) in [6, 6.07) is 4.37. The molecule has 3 fully saturated rings. The van der Waals surface area contributed by atoms with Crippen molar-refractivity contribution in [2.24, 2.45) is 7.05 Å². The summed E-state index contributed by atoms with van der Waals surface area (Å²) in [5.41, 5.74) is 2.08. The number of aromatic nitrogens is 1. The maximum atomic E-state index is 13.7. The molecule has 1 saturated carbocycles. The molecule has 23 heteroatoms. The van der Waals surface area contributed by atoms with Crippen LogP contribution in [0.2, 0.25) is 0 Å². The molecule has 6 N–H and O–H groups in total. The maximum absolute atomic E-state index is 13.7. The standard InChI is InChI=1S/C51H78FN7O14S/c1-34-31-38(11-14-40(34)52)56-49(63)45-35(2)47(59(4)36(45)3)48(62)50(64)55-37-9-12-39(13-10-37)73-32-44(61)54-16-18-67-20-22-69-24-26-71-28-30-72-29-27-70-25-23-68-21-19-66-17-15-53-43(60)8-6-5-7-42-46-41(33-74-42)57-51(65)58-46/h11,14,31,37,39,41-42,46H,5-10,12-13,15-30,32-33H2,1-4H3,(H,53,60)(H,54,61)(H,55,64)(H,56,63)(H2,57,58,65)/t37-,39+,41?,42?,46?. The summed E-state index contributed by atoms with van der Waals surface area (Å²) in [5.74, 6) is -1.64. The highest BCUT2D eigenvalue weighted by molar-refractivity contribution is 8.00. The van der Waals surface area contributed by atoms with Crippen LogP contribution in [0.5, 0.6) is 0 Å². The average Bonchev–Trinajstić information content (AvgIpc) is 4.01. The molecule has 1 aliphatic carbocycles. The Morgan fingerprint density at radius 3 is 1.85 bits per heavy atom. The van der Waals surface area contributed by atoms with Gasteiger partial charge in [-0.1, -0.05) is 6.42 Å². The lowest BCUT2D eigenvalue weighted by Gasteiger charge is -2.28. The predicted octanol–water partition coefficient (Wildman–Crippen LogP) is 3.04. The third-order valence-electron chi connectivity index (χ3n) is 12.9. The van der Waals surface area contributed by atoms with Crippen LogP contribution < -0.4 is 31.9 Å². The number of halogens is 1. The van der Waals surface area contributed by atoms with Crippen molar-refractivity contribution in [3.63, 3.8) is 0 Å². The first-order chi connectivity index (χ1) is 35.8. The molecule has 21 nitrogen and oxygen atoms in total. The average molecular weight is 1060 g/mol. The van der Waals surface area contributed by atoms with Gasteiger partial charge in [-0.2, -0.15) is 11.8 Å². The second-order valence-corrected chi connectivity index (χ2v) is 19.6. The summed E-state index contributed by atoms with van der Waals surface area (Å²) in [6.45, 7) is 11.5. The molecule has 0 radical (unpaired) electrons. The number of carbonyl (C=O) groups excluding carboxylic acids is 6. The number of ether oxygens (including phenoxy) is 8. The van der Waals surface area contributed by atoms with Crippen molar-refractivity contribution in [2.75, 3.05) is 123 Å². The fourth-order valence-electron chi connectivity index (χ4n) is 8.84. The van der Waals surface area contributed by atoms with E-state index in [1.54, 1.807) is 32.4 Å². The minimum Gasteiger partial charge on any atom is -0.377 e. The van der Waals surface area contributed by atoms with Gasteiger partial charge < -0.3 is 74.4 Å². The van der Waals surface area contributed by atoms with Gasteiger partial charge in [-0.3, -0.25) is 24.0 Å². The van der Waals surface area contributed by atoms with Crippen LogP contribution in [0.25, 0.3) is 0 Å². The first-order valence-electron chi connectivity index (χ1n) is 25.8. The van der Waals surface area contributed by atoms with Crippen LogP contribution in [0.1, 0.15) is 89.0 Å². The molecular weight excluding hydrogens is 986 g/mol. The molecule has 2 aromatic rings. The topological polar surface area (TPSA) is 253 Å². The lowest BCUT2D eigenvalue weighted by molar-refractivity contribution is -0.128. The smallest absolute Gasteiger partial charge is 0.315 e. The van der Waals surface area contributed by atoms with Crippen molar-refractivity contribution in [3.05, 3.63) is 52.1 Å². The van der Waals surface area contributed by atoms with E-state index < -0.39 is 17.6 Å². The van der Waals surface area contributed by atoms with Crippen molar-refractivity contribution < 1.29 is 71.1 Å². The van der Waals surface area contributed by atoms with Gasteiger partial charge in [0, 0.05) is 55.0 Å². The number of Topliss-reactive ketones (excluding diaryl/α,β-unsaturated/α-hetero) is 1. The zero-order valence-electron chi connectivity index (χ0n) is 43.5. The molecule has 2 aliphatic heterocycles. The molecular formula is C51H78FN7O14S. The van der Waals surface area contributed by atoms with Crippen molar-refractivity contribution in [1.82, 2.24) is 31.2 Å². The Morgan fingerprint density at radius 1 is 0.730 bits per heavy atom. The van der Waals surface area contributed by atoms with Gasteiger partial charge in [-0.15, -0.1) is 0 Å². The third kappa shape index (κ3) is 20.8. The molecule has 2 saturated heterocycles. The number of thioether (sulfide) groups is 1. The Bertz CT molecular complexity index is 2110. The normalized spacial score (nSPS) is 19.1. The Balaban J connectivity index is 0.732. The second-order valence-electron chi connectivity index (χ2n) is 18.4. The van der Waals surface area contributed by atoms with Gasteiger partial charge in [-0.05, 0) is 88.6 Å². The summed E-state index contributed by atoms with van der Waals surface area (Å²) in [6.07, 6.45) is 5.47. The summed E-state index contributed by atoms with van der Waals surface area (Å²) >= 11 is 1.89. The first-order valence-corrected chi connectivity index (χ1v) is 26.8. The van der Waals surface area contributed by atoms with Crippen LogP contribution in [-0.4, -0.2) is 187 Å². The number of unbranched alkanes of at least 4 members (excludes halogenated alkanes) is 1. The fraction of sp³-hybridized carbons (Fsp3) is 0.686. The van der Waals surface area contributed by atoms with Gasteiger partial charge in [0.25, 0.3) is 17.6 Å². The van der Waals surface area contributed by atoms with Crippen LogP contribution in [-0.2, 0) is 59.3 Å². The van der Waals surface area contributed by atoms with Gasteiger partial charge in [0.15, 0.2) is 0 Å². The highest BCUT2D eigenvalue weighted by atomic mass is 32.2. The predicted molar refractivity (Wildman–Crippen MR) is 274 cm³/mol. The largest absolute Gasteiger partial charge is 0.377 e. The van der Waals surface area contributed by atoms with E-state index in [0.29, 0.717) is 165 Å². The van der Waals surface area contributed by atoms with Gasteiger partial charge in [0.1, 0.15) is 12.4 Å². The number of nitrogens with one attached hydrogen (secondary N) is 6. The number of amides is 6. The molecule has 414 valence electrons. The minimum atomic E-state index is -0.758. The van der Waals surface area contributed by atoms with Crippen LogP contribution in [0, 0.1) is 26.6 Å². The Morgan fingerprint density at radius 2 is 1.28 bits per heavy atom. The number of carbonyl (C=O) groups is 6. The van der Waals surface area contributed by atoms with Crippen LogP contribution in [0.3, 0.4) is 0 Å². The number of benzene rings is 1. The maximum Gasteiger partial charge on any atom is 0.315 e. The summed E-state index contributed by atoms with van der Waals surface area (Å²) in [7, 11) is 1.63. The lowest BCUT2D eigenvalue weighted by Crippen LogP contribution is -2.43. The first kappa shape index (κ1) is 60.1. The zero-order valence-corrected chi connectivity index (χ0v) is 44.3. The van der Waals surface area contributed by atoms with Gasteiger partial charge in [-0.25, -0.2) is 9.18 Å². The number of ketones is 1. The third-order valence-corrected chi connectivity index (χ3v) is 14.4. The monoisotopic (exact) mass is 1060 g/mol. The Labute approximate surface area is 437 Å². The zero-order chi connectivity index (χ0) is 53.1. The summed E-state index contributed by atoms with van der Waals surface area (Å²) in [4.78, 5) is 75.6. The SMILES string of the molecule is Cc1cc(NC(=O)c2c(C)c(C(=O)C(=O)N[C@H]3CC[C@@H](OCC(=O)NCCOCCOCCOCCOCCOCCOCCOCCNC(=O)CCCCC4SCC5NC(=O)NC54)CC3)n(C)c2C)ccc1F. The van der Waals surface area contributed by atoms with Crippen molar-refractivity contribution >= 4 is 52.9 Å². The van der Waals surface area contributed by atoms with E-state index in [2.05, 4.69) is 31.9 Å². The quantitative estimate of drug-likeness (QED) is 0.0246. The molecule has 0 spiro atoms. The molecule has 3 unspecified atom stereocenters. The molecule has 3 heterocycles. The van der Waals surface area contributed by atoms with Crippen molar-refractivity contribution in [1.29, 1.82) is 0 Å². The lowest BCUT2D eigenvalue weighted by atomic mass is 9.92. The van der Waals surface area contributed by atoms with E-state index in [1.165, 1.54) is 18.2 Å². The van der Waals surface area contributed by atoms with Crippen LogP contribution in [0.15, 0.2) is 18.2 Å². The van der Waals surface area contributed by atoms with Gasteiger partial charge >= 0.3 is 6.03 Å². The highest BCUT2D eigenvalue weighted by Gasteiger charge is 2.42. The van der Waals surface area contributed by atoms with Crippen molar-refractivity contribution in [2.45, 2.75) is 102 Å². The Hall–Kier alpha value is -4.72. The van der Waals surface area contributed by atoms with E-state index >= 15 is 0 Å². The molecule has 0 bridgehead atoms. The fourth-order valence-corrected chi connectivity index (χ4v) is 10.4. The van der Waals surface area contributed by atoms with Gasteiger partial charge in [0.2, 0.25) is 11.8 Å². The number of anilines is 1. The van der Waals surface area contributed by atoms with E-state index in [-0.39, 0.29) is 65.8 Å². The number of fused-ring (bicyclic) bond motifs is 1. The number of hydrogen-bond donors (Lipinski definition) is 6. The number of hydrogen-bond acceptors (Lipinski definition) is 15. The van der Waals surface area contributed by atoms with E-state index in [9.17, 15) is 33.2 Å². The molecule has 3 atom stereocenters. The van der Waals surface area contributed by atoms with Crippen LogP contribution in [0.4, 0.5) is 14.9 Å². The molecule has 6 amide bonds. The van der Waals surface area contributed by atoms with Crippen molar-refractivity contribution in [3.8, 4) is 0 Å². The second kappa shape index (κ2) is 33.3. The van der Waals surface area contributed by atoms with E-state index in [1.807, 2.05) is 11.8 Å². The molecule has 1 aromatic carbocycles. The van der Waals surface area contributed by atoms with Gasteiger partial charge in [0.05, 0.1) is 122 Å². The number of aryl methyl sites for hydroxylation is 1. The highest BCUT2D eigenvalue weighted by Crippen LogP contribution is 2.33. The summed E-state index contributed by atoms with van der Waals surface area (Å²) in [5, 5.41) is 17.6. The Kier molecular flexibility index (Phi) is 27.1. The number of urea groups is 1. The number of rotatable bonds is 37. The van der Waals surface area contributed by atoms with Crippen LogP contribution >= 0.6 is 11.8 Å².